The van der Waals surface area contributed by atoms with Gasteiger partial charge in [0, 0.05) is 0 Å². The maximum atomic E-state index is 11.7. The second-order valence-corrected chi connectivity index (χ2v) is 7.17. The lowest BCUT2D eigenvalue weighted by molar-refractivity contribution is -0.368. The second kappa shape index (κ2) is 2.61. The molecule has 6 rings (SSSR count). The zero-order chi connectivity index (χ0) is 12.8. The Labute approximate surface area is 106 Å². The number of carbonyl (C=O) groups is 2. The maximum absolute atomic E-state index is 11.7. The predicted molar refractivity (Wildman–Crippen MR) is 61.5 cm³/mol. The highest BCUT2D eigenvalue weighted by Crippen LogP contribution is 2.91. The molecule has 0 atom stereocenters. The van der Waals surface area contributed by atoms with Gasteiger partial charge in [-0.3, -0.25) is 9.59 Å². The van der Waals surface area contributed by atoms with Crippen LogP contribution in [0.15, 0.2) is 0 Å². The van der Waals surface area contributed by atoms with Crippen molar-refractivity contribution in [2.45, 2.75) is 38.5 Å². The zero-order valence-corrected chi connectivity index (χ0v) is 10.9. The minimum Gasteiger partial charge on any atom is -0.469 e. The summed E-state index contributed by atoms with van der Waals surface area (Å²) in [6.45, 7) is 0. The summed E-state index contributed by atoms with van der Waals surface area (Å²) in [5.41, 5.74) is 0.416. The Balaban J connectivity index is 1.44. The molecule has 0 aromatic carbocycles. The first kappa shape index (κ1) is 10.8. The van der Waals surface area contributed by atoms with E-state index < -0.39 is 0 Å². The van der Waals surface area contributed by atoms with E-state index in [2.05, 4.69) is 0 Å². The predicted octanol–water partition coefficient (Wildman–Crippen LogP) is 1.67. The van der Waals surface area contributed by atoms with Crippen molar-refractivity contribution < 1.29 is 19.1 Å². The molecular weight excluding hydrogens is 232 g/mol. The highest BCUT2D eigenvalue weighted by Gasteiger charge is 2.87. The molecule has 0 heterocycles. The molecule has 6 aliphatic carbocycles. The largest absolute Gasteiger partial charge is 0.469 e. The van der Waals surface area contributed by atoms with Gasteiger partial charge in [-0.1, -0.05) is 0 Å². The minimum absolute atomic E-state index is 0.0290. The van der Waals surface area contributed by atoms with Gasteiger partial charge in [-0.2, -0.15) is 0 Å². The third-order valence-corrected chi connectivity index (χ3v) is 6.42. The van der Waals surface area contributed by atoms with Crippen molar-refractivity contribution in [2.24, 2.45) is 21.7 Å². The van der Waals surface area contributed by atoms with E-state index in [9.17, 15) is 9.59 Å². The van der Waals surface area contributed by atoms with Crippen molar-refractivity contribution in [3.05, 3.63) is 0 Å². The van der Waals surface area contributed by atoms with Crippen LogP contribution < -0.4 is 0 Å². The highest BCUT2D eigenvalue weighted by atomic mass is 16.5. The Kier molecular flexibility index (Phi) is 1.57. The lowest BCUT2D eigenvalue weighted by atomic mass is 9.17. The van der Waals surface area contributed by atoms with Gasteiger partial charge in [0.25, 0.3) is 0 Å². The molecule has 0 amide bonds. The van der Waals surface area contributed by atoms with Crippen LogP contribution in [-0.4, -0.2) is 26.2 Å². The number of hydrogen-bond acceptors (Lipinski definition) is 4. The zero-order valence-electron chi connectivity index (χ0n) is 10.9. The van der Waals surface area contributed by atoms with Crippen LogP contribution in [0, 0.1) is 21.7 Å². The topological polar surface area (TPSA) is 52.6 Å². The molecule has 0 aliphatic heterocycles. The quantitative estimate of drug-likeness (QED) is 0.715. The molecule has 4 bridgehead atoms. The summed E-state index contributed by atoms with van der Waals surface area (Å²) < 4.78 is 9.76. The van der Waals surface area contributed by atoms with E-state index in [4.69, 9.17) is 9.47 Å². The van der Waals surface area contributed by atoms with E-state index in [-0.39, 0.29) is 22.8 Å². The first-order valence-electron chi connectivity index (χ1n) is 6.63. The van der Waals surface area contributed by atoms with Crippen LogP contribution in [0.5, 0.6) is 0 Å². The molecule has 6 aliphatic rings. The lowest BCUT2D eigenvalue weighted by Crippen LogP contribution is -2.81. The molecule has 0 radical (unpaired) electrons. The van der Waals surface area contributed by atoms with Gasteiger partial charge in [0.2, 0.25) is 0 Å². The molecule has 4 heteroatoms. The molecule has 18 heavy (non-hydrogen) atoms. The Morgan fingerprint density at radius 1 is 0.722 bits per heavy atom. The van der Waals surface area contributed by atoms with Crippen LogP contribution in [0.1, 0.15) is 38.5 Å². The van der Waals surface area contributed by atoms with Gasteiger partial charge in [-0.15, -0.1) is 0 Å². The molecule has 6 fully saturated rings. The molecule has 4 nitrogen and oxygen atoms in total. The fraction of sp³-hybridized carbons (Fsp3) is 0.857. The minimum atomic E-state index is -0.150. The standard InChI is InChI=1S/C14H18O4/c1-17-9(15)11-3-13(4-11,5-11)14-6-12(7-14,8-14)10(16)18-2/h3-8H2,1-2H3. The molecule has 0 N–H and O–H groups in total. The van der Waals surface area contributed by atoms with Crippen LogP contribution in [0.25, 0.3) is 0 Å². The number of rotatable bonds is 3. The van der Waals surface area contributed by atoms with Crippen molar-refractivity contribution in [3.63, 3.8) is 0 Å². The van der Waals surface area contributed by atoms with Gasteiger partial charge in [0.05, 0.1) is 25.0 Å². The van der Waals surface area contributed by atoms with Crippen LogP contribution in [0.2, 0.25) is 0 Å². The van der Waals surface area contributed by atoms with Gasteiger partial charge in [0.1, 0.15) is 0 Å². The first-order valence-corrected chi connectivity index (χ1v) is 6.63. The normalized spacial score (nSPS) is 54.1. The van der Waals surface area contributed by atoms with Crippen LogP contribution >= 0.6 is 0 Å². The van der Waals surface area contributed by atoms with Crippen LogP contribution in [0.3, 0.4) is 0 Å². The second-order valence-electron chi connectivity index (χ2n) is 7.17. The fourth-order valence-electron chi connectivity index (χ4n) is 5.57. The van der Waals surface area contributed by atoms with Gasteiger partial charge >= 0.3 is 11.9 Å². The molecule has 0 aromatic rings. The summed E-state index contributed by atoms with van der Waals surface area (Å²) in [4.78, 5) is 23.3. The Hall–Kier alpha value is -1.06. The molecule has 0 saturated heterocycles. The van der Waals surface area contributed by atoms with Gasteiger partial charge in [-0.25, -0.2) is 0 Å². The molecular formula is C14H18O4. The Morgan fingerprint density at radius 3 is 1.22 bits per heavy atom. The summed E-state index contributed by atoms with van der Waals surface area (Å²) in [5, 5.41) is 0. The SMILES string of the molecule is COC(=O)C12CC(C34CC(C(=O)OC)(C3)C4)(C1)C2. The van der Waals surface area contributed by atoms with Crippen LogP contribution in [0.4, 0.5) is 0 Å². The molecule has 0 spiro atoms. The average Bonchev–Trinajstić information content (AvgIpc) is 2.13. The average molecular weight is 250 g/mol. The number of ether oxygens (including phenoxy) is 2. The number of esters is 2. The molecule has 6 saturated carbocycles. The van der Waals surface area contributed by atoms with Crippen molar-refractivity contribution in [2.75, 3.05) is 14.2 Å². The van der Waals surface area contributed by atoms with Crippen LogP contribution in [-0.2, 0) is 19.1 Å². The summed E-state index contributed by atoms with van der Waals surface area (Å²) in [7, 11) is 2.95. The summed E-state index contributed by atoms with van der Waals surface area (Å²) in [6, 6.07) is 0. The van der Waals surface area contributed by atoms with E-state index in [0.29, 0.717) is 10.8 Å². The van der Waals surface area contributed by atoms with Crippen molar-refractivity contribution in [1.29, 1.82) is 0 Å². The summed E-state index contributed by atoms with van der Waals surface area (Å²) >= 11 is 0. The Bertz CT molecular complexity index is 395. The number of hydrogen-bond donors (Lipinski definition) is 0. The number of methoxy groups -OCH3 is 2. The monoisotopic (exact) mass is 250 g/mol. The third-order valence-electron chi connectivity index (χ3n) is 6.42. The van der Waals surface area contributed by atoms with E-state index >= 15 is 0 Å². The van der Waals surface area contributed by atoms with Gasteiger partial charge in [-0.05, 0) is 49.4 Å². The molecule has 0 aromatic heterocycles. The van der Waals surface area contributed by atoms with Gasteiger partial charge < -0.3 is 9.47 Å². The summed E-state index contributed by atoms with van der Waals surface area (Å²) in [6.07, 6.45) is 5.94. The van der Waals surface area contributed by atoms with E-state index in [0.717, 1.165) is 38.5 Å². The molecule has 98 valence electrons. The van der Waals surface area contributed by atoms with E-state index in [1.54, 1.807) is 0 Å². The van der Waals surface area contributed by atoms with Crippen molar-refractivity contribution in [1.82, 2.24) is 0 Å². The Morgan fingerprint density at radius 2 is 1.00 bits per heavy atom. The van der Waals surface area contributed by atoms with E-state index in [1.807, 2.05) is 0 Å². The third kappa shape index (κ3) is 0.808. The smallest absolute Gasteiger partial charge is 0.311 e. The molecule has 0 unspecified atom stereocenters. The first-order chi connectivity index (χ1) is 8.46. The van der Waals surface area contributed by atoms with Gasteiger partial charge in [0.15, 0.2) is 0 Å². The van der Waals surface area contributed by atoms with Crippen molar-refractivity contribution in [3.8, 4) is 0 Å². The maximum Gasteiger partial charge on any atom is 0.311 e. The van der Waals surface area contributed by atoms with Crippen molar-refractivity contribution >= 4 is 11.9 Å². The lowest BCUT2D eigenvalue weighted by Gasteiger charge is -2.85. The number of carbonyl (C=O) groups excluding carboxylic acids is 2. The fourth-order valence-corrected chi connectivity index (χ4v) is 5.57. The van der Waals surface area contributed by atoms with E-state index in [1.165, 1.54) is 14.2 Å². The summed E-state index contributed by atoms with van der Waals surface area (Å²) in [5.74, 6) is -0.0580. The highest BCUT2D eigenvalue weighted by molar-refractivity contribution is 5.84.